The molecule has 1 N–H and O–H groups in total. The zero-order valence-electron chi connectivity index (χ0n) is 20.5. The molecule has 0 aliphatic heterocycles. The van der Waals surface area contributed by atoms with Gasteiger partial charge in [0, 0.05) is 36.6 Å². The lowest BCUT2D eigenvalue weighted by atomic mass is 10.0. The van der Waals surface area contributed by atoms with E-state index in [1.54, 1.807) is 25.6 Å². The highest BCUT2D eigenvalue weighted by molar-refractivity contribution is 7.18. The second-order valence-corrected chi connectivity index (χ2v) is 10.3. The summed E-state index contributed by atoms with van der Waals surface area (Å²) in [5, 5.41) is 5.25. The molecule has 3 aromatic carbocycles. The number of fused-ring (bicyclic) bond motifs is 2. The molecule has 0 atom stereocenters. The Labute approximate surface area is 213 Å². The maximum atomic E-state index is 13.2. The molecule has 6 rings (SSSR count). The number of thiazole rings is 1. The number of carbonyl (C=O) groups excluding carboxylic acids is 1. The van der Waals surface area contributed by atoms with Gasteiger partial charge >= 0.3 is 0 Å². The van der Waals surface area contributed by atoms with Crippen molar-refractivity contribution >= 4 is 38.4 Å². The summed E-state index contributed by atoms with van der Waals surface area (Å²) in [4.78, 5) is 18.0. The maximum Gasteiger partial charge on any atom is 0.253 e. The monoisotopic (exact) mass is 497 g/mol. The first-order valence-electron chi connectivity index (χ1n) is 12.0. The Kier molecular flexibility index (Phi) is 5.64. The molecular formula is C29H27N3O3S. The lowest BCUT2D eigenvalue weighted by Crippen LogP contribution is -2.22. The van der Waals surface area contributed by atoms with Crippen LogP contribution < -0.4 is 14.8 Å². The first kappa shape index (κ1) is 22.6. The smallest absolute Gasteiger partial charge is 0.253 e. The Bertz CT molecular complexity index is 1610. The van der Waals surface area contributed by atoms with Gasteiger partial charge < -0.3 is 19.4 Å². The van der Waals surface area contributed by atoms with Crippen molar-refractivity contribution in [3.05, 3.63) is 76.9 Å². The van der Waals surface area contributed by atoms with Crippen LogP contribution in [0.2, 0.25) is 0 Å². The fourth-order valence-corrected chi connectivity index (χ4v) is 5.82. The van der Waals surface area contributed by atoms with E-state index in [2.05, 4.69) is 41.7 Å². The van der Waals surface area contributed by atoms with Crippen molar-refractivity contribution in [2.45, 2.75) is 25.3 Å². The van der Waals surface area contributed by atoms with Crippen LogP contribution in [0.1, 0.15) is 39.7 Å². The highest BCUT2D eigenvalue weighted by atomic mass is 32.1. The zero-order chi connectivity index (χ0) is 24.8. The molecule has 6 nitrogen and oxygen atoms in total. The molecule has 1 aliphatic carbocycles. The second-order valence-electron chi connectivity index (χ2n) is 9.27. The normalized spacial score (nSPS) is 13.3. The van der Waals surface area contributed by atoms with E-state index in [4.69, 9.17) is 14.5 Å². The van der Waals surface area contributed by atoms with Gasteiger partial charge in [-0.3, -0.25) is 4.79 Å². The molecular weight excluding hydrogens is 470 g/mol. The minimum Gasteiger partial charge on any atom is -0.493 e. The number of ether oxygens (including phenoxy) is 2. The summed E-state index contributed by atoms with van der Waals surface area (Å²) in [6.07, 6.45) is 4.41. The number of amides is 1. The molecule has 2 heterocycles. The summed E-state index contributed by atoms with van der Waals surface area (Å²) in [5.41, 5.74) is 5.91. The van der Waals surface area contributed by atoms with Crippen molar-refractivity contribution in [3.63, 3.8) is 0 Å². The van der Waals surface area contributed by atoms with E-state index in [-0.39, 0.29) is 5.91 Å². The lowest BCUT2D eigenvalue weighted by molar-refractivity contribution is 0.0952. The van der Waals surface area contributed by atoms with Crippen molar-refractivity contribution in [2.24, 2.45) is 7.05 Å². The molecule has 1 saturated carbocycles. The Morgan fingerprint density at radius 2 is 1.81 bits per heavy atom. The van der Waals surface area contributed by atoms with Crippen LogP contribution in [-0.2, 0) is 13.6 Å². The van der Waals surface area contributed by atoms with E-state index in [9.17, 15) is 4.79 Å². The van der Waals surface area contributed by atoms with Gasteiger partial charge in [-0.2, -0.15) is 0 Å². The topological polar surface area (TPSA) is 65.4 Å². The molecule has 1 amide bonds. The first-order chi connectivity index (χ1) is 17.5. The van der Waals surface area contributed by atoms with Crippen molar-refractivity contribution in [1.82, 2.24) is 14.9 Å². The van der Waals surface area contributed by atoms with Gasteiger partial charge in [0.2, 0.25) is 0 Å². The van der Waals surface area contributed by atoms with E-state index in [0.717, 1.165) is 33.1 Å². The summed E-state index contributed by atoms with van der Waals surface area (Å²) in [6, 6.07) is 18.4. The second kappa shape index (κ2) is 8.99. The molecule has 5 aromatic rings. The number of aromatic nitrogens is 2. The number of nitrogens with one attached hydrogen (secondary N) is 1. The fourth-order valence-electron chi connectivity index (χ4n) is 4.65. The molecule has 0 unspecified atom stereocenters. The summed E-state index contributed by atoms with van der Waals surface area (Å²) >= 11 is 1.81. The van der Waals surface area contributed by atoms with Crippen LogP contribution in [0.3, 0.4) is 0 Å². The number of hydrogen-bond donors (Lipinski definition) is 1. The van der Waals surface area contributed by atoms with Gasteiger partial charge in [-0.1, -0.05) is 18.2 Å². The van der Waals surface area contributed by atoms with Crippen molar-refractivity contribution in [1.29, 1.82) is 0 Å². The van der Waals surface area contributed by atoms with Gasteiger partial charge in [0.25, 0.3) is 5.91 Å². The summed E-state index contributed by atoms with van der Waals surface area (Å²) in [7, 11) is 5.18. The number of benzene rings is 3. The summed E-state index contributed by atoms with van der Waals surface area (Å²) in [6.45, 7) is 0.390. The summed E-state index contributed by atoms with van der Waals surface area (Å²) in [5.74, 6) is 1.85. The maximum absolute atomic E-state index is 13.2. The fraction of sp³-hybridized carbons (Fsp3) is 0.241. The molecule has 0 radical (unpaired) electrons. The number of aryl methyl sites for hydroxylation is 1. The third kappa shape index (κ3) is 4.09. The van der Waals surface area contributed by atoms with Gasteiger partial charge in [-0.25, -0.2) is 4.98 Å². The number of nitrogens with zero attached hydrogens (tertiary/aromatic N) is 2. The third-order valence-electron chi connectivity index (χ3n) is 6.80. The van der Waals surface area contributed by atoms with E-state index in [1.807, 2.05) is 36.0 Å². The minimum atomic E-state index is -0.112. The van der Waals surface area contributed by atoms with Gasteiger partial charge in [0.1, 0.15) is 0 Å². The number of carbonyl (C=O) groups is 1. The first-order valence-corrected chi connectivity index (χ1v) is 12.8. The predicted molar refractivity (Wildman–Crippen MR) is 144 cm³/mol. The molecule has 36 heavy (non-hydrogen) atoms. The van der Waals surface area contributed by atoms with Crippen LogP contribution in [0.5, 0.6) is 11.5 Å². The van der Waals surface area contributed by atoms with Gasteiger partial charge in [-0.05, 0) is 65.9 Å². The summed E-state index contributed by atoms with van der Waals surface area (Å²) < 4.78 is 13.9. The number of hydrogen-bond acceptors (Lipinski definition) is 5. The predicted octanol–water partition coefficient (Wildman–Crippen LogP) is 6.28. The zero-order valence-corrected chi connectivity index (χ0v) is 21.3. The highest BCUT2D eigenvalue weighted by Crippen LogP contribution is 2.43. The quantitative estimate of drug-likeness (QED) is 0.287. The Balaban J connectivity index is 1.28. The van der Waals surface area contributed by atoms with Crippen LogP contribution in [0.15, 0.2) is 60.8 Å². The van der Waals surface area contributed by atoms with E-state index < -0.39 is 0 Å². The standard InChI is InChI=1S/C29H27N3O3S/c1-32-16-22(28(33)30-15-17-4-11-25(34-2)26(12-17)35-3)21-13-19(8-10-24(21)32)20-7-9-23-27(14-20)36-29(31-23)18-5-6-18/h4,7-14,16,18H,5-6,15H2,1-3H3,(H,30,33). The van der Waals surface area contributed by atoms with Crippen LogP contribution >= 0.6 is 11.3 Å². The molecule has 2 aromatic heterocycles. The average molecular weight is 498 g/mol. The molecule has 7 heteroatoms. The minimum absolute atomic E-state index is 0.112. The number of methoxy groups -OCH3 is 2. The Hall–Kier alpha value is -3.84. The van der Waals surface area contributed by atoms with Gasteiger partial charge in [0.15, 0.2) is 11.5 Å². The van der Waals surface area contributed by atoms with Crippen LogP contribution in [0, 0.1) is 0 Å². The highest BCUT2D eigenvalue weighted by Gasteiger charge is 2.27. The average Bonchev–Trinajstić information content (AvgIpc) is 3.59. The van der Waals surface area contributed by atoms with Crippen LogP contribution in [0.25, 0.3) is 32.2 Å². The molecule has 182 valence electrons. The molecule has 0 bridgehead atoms. The largest absolute Gasteiger partial charge is 0.493 e. The molecule has 0 spiro atoms. The molecule has 0 saturated heterocycles. The van der Waals surface area contributed by atoms with E-state index >= 15 is 0 Å². The van der Waals surface area contributed by atoms with Gasteiger partial charge in [-0.15, -0.1) is 11.3 Å². The van der Waals surface area contributed by atoms with E-state index in [0.29, 0.717) is 29.5 Å². The lowest BCUT2D eigenvalue weighted by Gasteiger charge is -2.10. The number of rotatable bonds is 7. The van der Waals surface area contributed by atoms with Crippen molar-refractivity contribution < 1.29 is 14.3 Å². The van der Waals surface area contributed by atoms with Crippen molar-refractivity contribution in [2.75, 3.05) is 14.2 Å². The van der Waals surface area contributed by atoms with Crippen molar-refractivity contribution in [3.8, 4) is 22.6 Å². The molecule has 1 fully saturated rings. The Morgan fingerprint density at radius 3 is 2.58 bits per heavy atom. The van der Waals surface area contributed by atoms with Crippen LogP contribution in [-0.4, -0.2) is 29.7 Å². The Morgan fingerprint density at radius 1 is 1.03 bits per heavy atom. The van der Waals surface area contributed by atoms with Gasteiger partial charge in [0.05, 0.1) is 35.0 Å². The van der Waals surface area contributed by atoms with Crippen LogP contribution in [0.4, 0.5) is 0 Å². The SMILES string of the molecule is COc1ccc(CNC(=O)c2cn(C)c3ccc(-c4ccc5nc(C6CC6)sc5c4)cc23)cc1OC. The van der Waals surface area contributed by atoms with E-state index in [1.165, 1.54) is 22.5 Å². The molecule has 1 aliphatic rings. The third-order valence-corrected chi connectivity index (χ3v) is 7.98.